The number of hydrogen-bond donors (Lipinski definition) is 1. The van der Waals surface area contributed by atoms with Crippen LogP contribution in [0.1, 0.15) is 25.1 Å². The fraction of sp³-hybridized carbons (Fsp3) is 0.391. The third-order valence-electron chi connectivity index (χ3n) is 5.64. The van der Waals surface area contributed by atoms with Gasteiger partial charge in [0.15, 0.2) is 5.82 Å². The highest BCUT2D eigenvalue weighted by atomic mass is 19.1. The number of rotatable bonds is 6. The summed E-state index contributed by atoms with van der Waals surface area (Å²) >= 11 is 0. The van der Waals surface area contributed by atoms with Crippen LogP contribution in [0.25, 0.3) is 22.2 Å². The number of pyridine rings is 2. The Morgan fingerprint density at radius 3 is 2.55 bits per heavy atom. The van der Waals surface area contributed by atoms with Crippen LogP contribution in [0.15, 0.2) is 48.7 Å². The van der Waals surface area contributed by atoms with E-state index in [9.17, 15) is 4.39 Å². The first-order chi connectivity index (χ1) is 14.2. The molecule has 6 heteroatoms. The van der Waals surface area contributed by atoms with Crippen molar-refractivity contribution in [1.29, 1.82) is 0 Å². The summed E-state index contributed by atoms with van der Waals surface area (Å²) in [6.07, 6.45) is 0.785. The molecular formula is C23H27FN4O. The second kappa shape index (κ2) is 8.84. The Morgan fingerprint density at radius 2 is 1.86 bits per heavy atom. The van der Waals surface area contributed by atoms with Crippen LogP contribution in [-0.4, -0.2) is 59.3 Å². The van der Waals surface area contributed by atoms with Crippen LogP contribution in [0.5, 0.6) is 0 Å². The highest BCUT2D eigenvalue weighted by molar-refractivity contribution is 5.91. The van der Waals surface area contributed by atoms with Gasteiger partial charge in [0.1, 0.15) is 11.7 Å². The van der Waals surface area contributed by atoms with E-state index in [0.29, 0.717) is 5.56 Å². The zero-order valence-corrected chi connectivity index (χ0v) is 16.8. The minimum atomic E-state index is -1.15. The molecule has 0 saturated carbocycles. The number of alkyl halides is 1. The highest BCUT2D eigenvalue weighted by Crippen LogP contribution is 2.30. The predicted octanol–water partition coefficient (Wildman–Crippen LogP) is 3.83. The van der Waals surface area contributed by atoms with E-state index in [-0.39, 0.29) is 13.0 Å². The molecule has 29 heavy (non-hydrogen) atoms. The number of halogens is 1. The molecule has 5 nitrogen and oxygen atoms in total. The lowest BCUT2D eigenvalue weighted by molar-refractivity contribution is 0.222. The van der Waals surface area contributed by atoms with Crippen molar-refractivity contribution in [3.63, 3.8) is 0 Å². The summed E-state index contributed by atoms with van der Waals surface area (Å²) in [5.74, 6) is 0.918. The standard InChI is InChI=1S/C23H27FN4O/c1-2-27-11-13-28(14-12-27)23-22-19(4-3-10-25-22)16-21(26-23)18-7-5-17(6-8-18)20(24)9-15-29/h3-8,10,16,20,29H,2,9,11-15H2,1H3. The topological polar surface area (TPSA) is 52.5 Å². The fourth-order valence-corrected chi connectivity index (χ4v) is 3.85. The summed E-state index contributed by atoms with van der Waals surface area (Å²) in [6, 6.07) is 13.4. The molecule has 1 unspecified atom stereocenters. The van der Waals surface area contributed by atoms with Crippen LogP contribution in [0, 0.1) is 0 Å². The minimum absolute atomic E-state index is 0.118. The van der Waals surface area contributed by atoms with Crippen molar-refractivity contribution in [2.75, 3.05) is 44.2 Å². The molecule has 0 amide bonds. The van der Waals surface area contributed by atoms with Gasteiger partial charge in [0.05, 0.1) is 5.69 Å². The highest BCUT2D eigenvalue weighted by Gasteiger charge is 2.20. The molecule has 1 N–H and O–H groups in total. The fourth-order valence-electron chi connectivity index (χ4n) is 3.85. The first-order valence-corrected chi connectivity index (χ1v) is 10.3. The predicted molar refractivity (Wildman–Crippen MR) is 115 cm³/mol. The van der Waals surface area contributed by atoms with Crippen molar-refractivity contribution >= 4 is 16.7 Å². The molecule has 1 saturated heterocycles. The van der Waals surface area contributed by atoms with E-state index >= 15 is 0 Å². The average Bonchev–Trinajstić information content (AvgIpc) is 2.78. The summed E-state index contributed by atoms with van der Waals surface area (Å²) in [6.45, 7) is 7.01. The zero-order chi connectivity index (χ0) is 20.2. The maximum atomic E-state index is 14.1. The van der Waals surface area contributed by atoms with Crippen molar-refractivity contribution in [2.24, 2.45) is 0 Å². The Morgan fingerprint density at radius 1 is 1.10 bits per heavy atom. The van der Waals surface area contributed by atoms with Crippen molar-refractivity contribution in [2.45, 2.75) is 19.5 Å². The van der Waals surface area contributed by atoms with Gasteiger partial charge in [-0.2, -0.15) is 0 Å². The average molecular weight is 394 g/mol. The lowest BCUT2D eigenvalue weighted by Gasteiger charge is -2.35. The molecule has 3 heterocycles. The van der Waals surface area contributed by atoms with E-state index in [0.717, 1.165) is 60.7 Å². The Balaban J connectivity index is 1.69. The number of aromatic nitrogens is 2. The SMILES string of the molecule is CCN1CCN(c2nc(-c3ccc(C(F)CCO)cc3)cc3cccnc23)CC1. The van der Waals surface area contributed by atoms with Crippen LogP contribution < -0.4 is 4.90 Å². The summed E-state index contributed by atoms with van der Waals surface area (Å²) in [4.78, 5) is 14.3. The summed E-state index contributed by atoms with van der Waals surface area (Å²) in [7, 11) is 0. The number of hydrogen-bond acceptors (Lipinski definition) is 5. The van der Waals surface area contributed by atoms with Gasteiger partial charge in [-0.25, -0.2) is 9.37 Å². The number of fused-ring (bicyclic) bond motifs is 1. The molecule has 0 aliphatic carbocycles. The quantitative estimate of drug-likeness (QED) is 0.689. The van der Waals surface area contributed by atoms with E-state index < -0.39 is 6.17 Å². The van der Waals surface area contributed by atoms with Gasteiger partial charge < -0.3 is 14.9 Å². The van der Waals surface area contributed by atoms with E-state index in [1.54, 1.807) is 12.1 Å². The molecule has 3 aromatic rings. The van der Waals surface area contributed by atoms with E-state index in [4.69, 9.17) is 10.1 Å². The molecule has 0 bridgehead atoms. The number of likely N-dealkylation sites (N-methyl/N-ethyl adjacent to an activating group) is 1. The zero-order valence-electron chi connectivity index (χ0n) is 16.8. The van der Waals surface area contributed by atoms with Crippen molar-refractivity contribution < 1.29 is 9.50 Å². The summed E-state index contributed by atoms with van der Waals surface area (Å²) in [5.41, 5.74) is 3.32. The molecule has 0 radical (unpaired) electrons. The van der Waals surface area contributed by atoms with Gasteiger partial charge in [-0.3, -0.25) is 4.98 Å². The first-order valence-electron chi connectivity index (χ1n) is 10.3. The Kier molecular flexibility index (Phi) is 6.02. The minimum Gasteiger partial charge on any atom is -0.396 e. The number of piperazine rings is 1. The van der Waals surface area contributed by atoms with E-state index in [1.807, 2.05) is 30.5 Å². The molecule has 1 aliphatic rings. The molecule has 1 aromatic carbocycles. The Labute approximate surface area is 170 Å². The van der Waals surface area contributed by atoms with E-state index in [2.05, 4.69) is 27.8 Å². The molecule has 1 fully saturated rings. The number of benzene rings is 1. The third-order valence-corrected chi connectivity index (χ3v) is 5.64. The van der Waals surface area contributed by atoms with Crippen molar-refractivity contribution in [3.05, 3.63) is 54.2 Å². The van der Waals surface area contributed by atoms with Gasteiger partial charge in [-0.15, -0.1) is 0 Å². The summed E-state index contributed by atoms with van der Waals surface area (Å²) in [5, 5.41) is 10.0. The number of nitrogens with zero attached hydrogens (tertiary/aromatic N) is 4. The van der Waals surface area contributed by atoms with Crippen LogP contribution in [0.2, 0.25) is 0 Å². The number of aliphatic hydroxyl groups is 1. The lowest BCUT2D eigenvalue weighted by Crippen LogP contribution is -2.46. The van der Waals surface area contributed by atoms with Gasteiger partial charge in [0.25, 0.3) is 0 Å². The first kappa shape index (κ1) is 19.7. The second-order valence-corrected chi connectivity index (χ2v) is 7.43. The third kappa shape index (κ3) is 4.23. The molecule has 4 rings (SSSR count). The Bertz CT molecular complexity index is 955. The van der Waals surface area contributed by atoms with Gasteiger partial charge in [0, 0.05) is 56.4 Å². The smallest absolute Gasteiger partial charge is 0.155 e. The van der Waals surface area contributed by atoms with Gasteiger partial charge in [-0.1, -0.05) is 37.3 Å². The summed E-state index contributed by atoms with van der Waals surface area (Å²) < 4.78 is 14.1. The van der Waals surface area contributed by atoms with Crippen molar-refractivity contribution in [3.8, 4) is 11.3 Å². The van der Waals surface area contributed by atoms with Crippen LogP contribution in [-0.2, 0) is 0 Å². The van der Waals surface area contributed by atoms with Crippen LogP contribution in [0.4, 0.5) is 10.2 Å². The Hall–Kier alpha value is -2.57. The number of anilines is 1. The van der Waals surface area contributed by atoms with Gasteiger partial charge in [-0.05, 0) is 24.2 Å². The molecule has 2 aromatic heterocycles. The van der Waals surface area contributed by atoms with Gasteiger partial charge in [0.2, 0.25) is 0 Å². The lowest BCUT2D eigenvalue weighted by atomic mass is 10.0. The van der Waals surface area contributed by atoms with E-state index in [1.165, 1.54) is 0 Å². The molecular weight excluding hydrogens is 367 g/mol. The van der Waals surface area contributed by atoms with Crippen molar-refractivity contribution in [1.82, 2.24) is 14.9 Å². The molecule has 0 spiro atoms. The number of aliphatic hydroxyl groups excluding tert-OH is 1. The van der Waals surface area contributed by atoms with Crippen LogP contribution in [0.3, 0.4) is 0 Å². The molecule has 1 atom stereocenters. The normalized spacial score (nSPS) is 16.3. The molecule has 1 aliphatic heterocycles. The van der Waals surface area contributed by atoms with Crippen LogP contribution >= 0.6 is 0 Å². The second-order valence-electron chi connectivity index (χ2n) is 7.43. The monoisotopic (exact) mass is 394 g/mol. The maximum Gasteiger partial charge on any atom is 0.155 e. The van der Waals surface area contributed by atoms with Gasteiger partial charge >= 0.3 is 0 Å². The molecule has 152 valence electrons. The largest absolute Gasteiger partial charge is 0.396 e. The maximum absolute atomic E-state index is 14.1.